The summed E-state index contributed by atoms with van der Waals surface area (Å²) in [5.41, 5.74) is 3.28. The van der Waals surface area contributed by atoms with Crippen LogP contribution in [0.4, 0.5) is 4.79 Å². The molecule has 1 atom stereocenters. The van der Waals surface area contributed by atoms with Gasteiger partial charge in [0.05, 0.1) is 26.8 Å². The molecule has 1 unspecified atom stereocenters. The summed E-state index contributed by atoms with van der Waals surface area (Å²) >= 11 is 0. The summed E-state index contributed by atoms with van der Waals surface area (Å²) in [7, 11) is 3.28. The van der Waals surface area contributed by atoms with E-state index in [9.17, 15) is 4.79 Å². The molecule has 3 aromatic rings. The first-order valence-corrected chi connectivity index (χ1v) is 11.4. The SMILES string of the molecule is COc1cc2c(cc1OC)C(c1ccccc1)N(C(=O)NCc1nnc3n1CCCC3)CC2. The van der Waals surface area contributed by atoms with E-state index < -0.39 is 0 Å². The Hall–Kier alpha value is -3.55. The van der Waals surface area contributed by atoms with Crippen LogP contribution in [0.1, 0.15) is 47.2 Å². The van der Waals surface area contributed by atoms with Crippen LogP contribution in [-0.4, -0.2) is 46.5 Å². The van der Waals surface area contributed by atoms with Gasteiger partial charge in [0.2, 0.25) is 0 Å². The summed E-state index contributed by atoms with van der Waals surface area (Å²) in [6, 6.07) is 13.8. The van der Waals surface area contributed by atoms with Crippen LogP contribution in [0.15, 0.2) is 42.5 Å². The first-order valence-electron chi connectivity index (χ1n) is 11.4. The Bertz CT molecular complexity index is 1140. The molecule has 0 fully saturated rings. The maximum atomic E-state index is 13.4. The van der Waals surface area contributed by atoms with Crippen LogP contribution in [0, 0.1) is 0 Å². The van der Waals surface area contributed by atoms with Crippen molar-refractivity contribution in [1.29, 1.82) is 0 Å². The van der Waals surface area contributed by atoms with Gasteiger partial charge in [-0.1, -0.05) is 30.3 Å². The third kappa shape index (κ3) is 4.01. The number of methoxy groups -OCH3 is 2. The van der Waals surface area contributed by atoms with E-state index in [1.807, 2.05) is 35.2 Å². The smallest absolute Gasteiger partial charge is 0.318 e. The molecule has 2 amide bonds. The molecule has 0 radical (unpaired) electrons. The van der Waals surface area contributed by atoms with Crippen molar-refractivity contribution in [3.05, 3.63) is 70.8 Å². The number of nitrogens with one attached hydrogen (secondary N) is 1. The Labute approximate surface area is 193 Å². The molecule has 5 rings (SSSR count). The van der Waals surface area contributed by atoms with Crippen molar-refractivity contribution >= 4 is 6.03 Å². The summed E-state index contributed by atoms with van der Waals surface area (Å²) in [4.78, 5) is 15.3. The van der Waals surface area contributed by atoms with E-state index in [1.54, 1.807) is 14.2 Å². The lowest BCUT2D eigenvalue weighted by atomic mass is 9.88. The summed E-state index contributed by atoms with van der Waals surface area (Å²) in [5, 5.41) is 11.7. The molecule has 2 aliphatic rings. The number of aromatic nitrogens is 3. The van der Waals surface area contributed by atoms with Crippen LogP contribution in [0.2, 0.25) is 0 Å². The van der Waals surface area contributed by atoms with Crippen LogP contribution in [0.3, 0.4) is 0 Å². The van der Waals surface area contributed by atoms with E-state index in [0.717, 1.165) is 60.6 Å². The molecule has 1 aromatic heterocycles. The van der Waals surface area contributed by atoms with Crippen molar-refractivity contribution in [2.75, 3.05) is 20.8 Å². The van der Waals surface area contributed by atoms with Gasteiger partial charge in [-0.15, -0.1) is 10.2 Å². The molecule has 172 valence electrons. The minimum Gasteiger partial charge on any atom is -0.493 e. The molecule has 2 aliphatic heterocycles. The van der Waals surface area contributed by atoms with Gasteiger partial charge in [0.25, 0.3) is 0 Å². The number of hydrogen-bond acceptors (Lipinski definition) is 5. The Morgan fingerprint density at radius 3 is 2.61 bits per heavy atom. The van der Waals surface area contributed by atoms with Crippen LogP contribution >= 0.6 is 0 Å². The van der Waals surface area contributed by atoms with E-state index in [4.69, 9.17) is 9.47 Å². The standard InChI is InChI=1S/C25H29N5O3/c1-32-20-14-18-11-13-30(24(17-8-4-3-5-9-17)19(18)15-21(20)33-2)25(31)26-16-23-28-27-22-10-6-7-12-29(22)23/h3-5,8-9,14-15,24H,6-7,10-13,16H2,1-2H3,(H,26,31). The Balaban J connectivity index is 1.44. The average Bonchev–Trinajstić information content (AvgIpc) is 3.29. The van der Waals surface area contributed by atoms with Gasteiger partial charge in [0.1, 0.15) is 5.82 Å². The number of benzene rings is 2. The van der Waals surface area contributed by atoms with E-state index in [-0.39, 0.29) is 12.1 Å². The maximum absolute atomic E-state index is 13.4. The molecule has 33 heavy (non-hydrogen) atoms. The van der Waals surface area contributed by atoms with Gasteiger partial charge in [-0.2, -0.15) is 0 Å². The molecule has 8 nitrogen and oxygen atoms in total. The zero-order chi connectivity index (χ0) is 22.8. The quantitative estimate of drug-likeness (QED) is 0.648. The topological polar surface area (TPSA) is 81.5 Å². The fraction of sp³-hybridized carbons (Fsp3) is 0.400. The zero-order valence-corrected chi connectivity index (χ0v) is 19.1. The number of amides is 2. The number of nitrogens with zero attached hydrogens (tertiary/aromatic N) is 4. The first-order chi connectivity index (χ1) is 16.2. The maximum Gasteiger partial charge on any atom is 0.318 e. The monoisotopic (exact) mass is 447 g/mol. The first kappa shape index (κ1) is 21.3. The second kappa shape index (κ2) is 9.13. The van der Waals surface area contributed by atoms with Crippen LogP contribution in [-0.2, 0) is 25.9 Å². The Kier molecular flexibility index (Phi) is 5.90. The predicted molar refractivity (Wildman–Crippen MR) is 123 cm³/mol. The molecule has 1 N–H and O–H groups in total. The molecule has 0 saturated carbocycles. The van der Waals surface area contributed by atoms with Gasteiger partial charge in [-0.05, 0) is 48.1 Å². The van der Waals surface area contributed by atoms with Crippen molar-refractivity contribution < 1.29 is 14.3 Å². The van der Waals surface area contributed by atoms with Gasteiger partial charge in [-0.3, -0.25) is 0 Å². The molecule has 3 heterocycles. The second-order valence-electron chi connectivity index (χ2n) is 8.46. The molecule has 8 heteroatoms. The van der Waals surface area contributed by atoms with E-state index in [1.165, 1.54) is 0 Å². The Morgan fingerprint density at radius 1 is 1.03 bits per heavy atom. The highest BCUT2D eigenvalue weighted by molar-refractivity contribution is 5.76. The minimum atomic E-state index is -0.220. The molecular formula is C25H29N5O3. The fourth-order valence-corrected chi connectivity index (χ4v) is 4.91. The predicted octanol–water partition coefficient (Wildman–Crippen LogP) is 3.49. The number of hydrogen-bond donors (Lipinski definition) is 1. The summed E-state index contributed by atoms with van der Waals surface area (Å²) < 4.78 is 13.2. The summed E-state index contributed by atoms with van der Waals surface area (Å²) in [6.07, 6.45) is 3.96. The van der Waals surface area contributed by atoms with Gasteiger partial charge < -0.3 is 24.3 Å². The zero-order valence-electron chi connectivity index (χ0n) is 19.1. The molecule has 2 aromatic carbocycles. The number of ether oxygens (including phenoxy) is 2. The number of rotatable bonds is 5. The lowest BCUT2D eigenvalue weighted by Gasteiger charge is -2.38. The highest BCUT2D eigenvalue weighted by Crippen LogP contribution is 2.41. The number of fused-ring (bicyclic) bond motifs is 2. The molecule has 0 aliphatic carbocycles. The fourth-order valence-electron chi connectivity index (χ4n) is 4.91. The number of carbonyl (C=O) groups is 1. The number of urea groups is 1. The Morgan fingerprint density at radius 2 is 1.82 bits per heavy atom. The van der Waals surface area contributed by atoms with Crippen molar-refractivity contribution in [3.8, 4) is 11.5 Å². The molecule has 0 bridgehead atoms. The molecular weight excluding hydrogens is 418 g/mol. The third-order valence-electron chi connectivity index (χ3n) is 6.58. The summed E-state index contributed by atoms with van der Waals surface area (Å²) in [5.74, 6) is 3.20. The number of carbonyl (C=O) groups excluding carboxylic acids is 1. The highest BCUT2D eigenvalue weighted by Gasteiger charge is 2.33. The minimum absolute atomic E-state index is 0.113. The van der Waals surface area contributed by atoms with Gasteiger partial charge in [0, 0.05) is 19.5 Å². The lowest BCUT2D eigenvalue weighted by molar-refractivity contribution is 0.179. The molecule has 0 saturated heterocycles. The van der Waals surface area contributed by atoms with E-state index >= 15 is 0 Å². The van der Waals surface area contributed by atoms with E-state index in [0.29, 0.717) is 24.6 Å². The van der Waals surface area contributed by atoms with Crippen LogP contribution in [0.5, 0.6) is 11.5 Å². The van der Waals surface area contributed by atoms with Crippen LogP contribution in [0.25, 0.3) is 0 Å². The molecule has 0 spiro atoms. The lowest BCUT2D eigenvalue weighted by Crippen LogP contribution is -2.46. The summed E-state index contributed by atoms with van der Waals surface area (Å²) in [6.45, 7) is 1.88. The van der Waals surface area contributed by atoms with Crippen molar-refractivity contribution in [3.63, 3.8) is 0 Å². The van der Waals surface area contributed by atoms with Crippen molar-refractivity contribution in [1.82, 2.24) is 25.0 Å². The second-order valence-corrected chi connectivity index (χ2v) is 8.46. The van der Waals surface area contributed by atoms with Crippen molar-refractivity contribution in [2.24, 2.45) is 0 Å². The van der Waals surface area contributed by atoms with E-state index in [2.05, 4.69) is 32.2 Å². The highest BCUT2D eigenvalue weighted by atomic mass is 16.5. The third-order valence-corrected chi connectivity index (χ3v) is 6.58. The largest absolute Gasteiger partial charge is 0.493 e. The number of aryl methyl sites for hydroxylation is 1. The average molecular weight is 448 g/mol. The van der Waals surface area contributed by atoms with Gasteiger partial charge in [0.15, 0.2) is 17.3 Å². The van der Waals surface area contributed by atoms with Gasteiger partial charge in [-0.25, -0.2) is 4.79 Å². The van der Waals surface area contributed by atoms with Crippen molar-refractivity contribution in [2.45, 2.75) is 44.8 Å². The normalized spacial score (nSPS) is 17.2. The van der Waals surface area contributed by atoms with Crippen LogP contribution < -0.4 is 14.8 Å². The van der Waals surface area contributed by atoms with Gasteiger partial charge >= 0.3 is 6.03 Å².